The van der Waals surface area contributed by atoms with Crippen LogP contribution in [0, 0.1) is 0 Å². The van der Waals surface area contributed by atoms with Gasteiger partial charge in [-0.3, -0.25) is 0 Å². The third kappa shape index (κ3) is 1.75. The molecular weight excluding hydrogens is 158 g/mol. The van der Waals surface area contributed by atoms with Crippen molar-refractivity contribution in [3.05, 3.63) is 12.0 Å². The van der Waals surface area contributed by atoms with Gasteiger partial charge in [-0.1, -0.05) is 0 Å². The number of nitrogens with zero attached hydrogens (tertiary/aromatic N) is 2. The molecule has 0 radical (unpaired) electrons. The molecule has 1 unspecified atom stereocenters. The van der Waals surface area contributed by atoms with Gasteiger partial charge in [-0.2, -0.15) is 4.98 Å². The number of hydrogen-bond donors (Lipinski definition) is 2. The molecule has 1 aromatic heterocycles. The van der Waals surface area contributed by atoms with E-state index < -0.39 is 6.04 Å². The molecular formula is C7H13N3O2. The molecule has 68 valence electrons. The second kappa shape index (κ2) is 3.55. The molecule has 0 saturated carbocycles. The minimum atomic E-state index is -0.456. The second-order valence-electron chi connectivity index (χ2n) is 2.74. The van der Waals surface area contributed by atoms with Gasteiger partial charge < -0.3 is 20.2 Å². The molecule has 0 aliphatic carbocycles. The quantitative estimate of drug-likeness (QED) is 0.655. The first-order valence-electron chi connectivity index (χ1n) is 3.64. The summed E-state index contributed by atoms with van der Waals surface area (Å²) in [5.41, 5.74) is 6.09. The molecule has 3 N–H and O–H groups in total. The number of nitrogens with two attached hydrogens (primary N) is 1. The van der Waals surface area contributed by atoms with Crippen LogP contribution in [-0.4, -0.2) is 30.8 Å². The summed E-state index contributed by atoms with van der Waals surface area (Å²) >= 11 is 0. The summed E-state index contributed by atoms with van der Waals surface area (Å²) in [4.78, 5) is 5.78. The standard InChI is InChI=1S/C7H13N3O2/c1-10(2)7-9-6(4-12-7)5(8)3-11/h4-5,11H,3,8H2,1-2H3. The number of aliphatic hydroxyl groups excluding tert-OH is 1. The molecule has 0 saturated heterocycles. The molecule has 1 aromatic rings. The fourth-order valence-corrected chi connectivity index (χ4v) is 0.745. The zero-order valence-electron chi connectivity index (χ0n) is 7.19. The Bertz CT molecular complexity index is 247. The lowest BCUT2D eigenvalue weighted by Gasteiger charge is -2.04. The molecule has 0 aromatic carbocycles. The van der Waals surface area contributed by atoms with E-state index in [4.69, 9.17) is 15.3 Å². The smallest absolute Gasteiger partial charge is 0.296 e. The van der Waals surface area contributed by atoms with Crippen molar-refractivity contribution in [1.82, 2.24) is 4.98 Å². The van der Waals surface area contributed by atoms with Crippen molar-refractivity contribution < 1.29 is 9.52 Å². The summed E-state index contributed by atoms with van der Waals surface area (Å²) in [5, 5.41) is 8.72. The average molecular weight is 171 g/mol. The van der Waals surface area contributed by atoms with Crippen LogP contribution in [-0.2, 0) is 0 Å². The molecule has 0 aliphatic rings. The largest absolute Gasteiger partial charge is 0.432 e. The topological polar surface area (TPSA) is 75.5 Å². The van der Waals surface area contributed by atoms with Crippen molar-refractivity contribution in [2.45, 2.75) is 6.04 Å². The molecule has 5 heteroatoms. The van der Waals surface area contributed by atoms with Crippen LogP contribution in [0.4, 0.5) is 6.01 Å². The number of aliphatic hydroxyl groups is 1. The monoisotopic (exact) mass is 171 g/mol. The molecule has 1 heterocycles. The van der Waals surface area contributed by atoms with Crippen molar-refractivity contribution in [1.29, 1.82) is 0 Å². The van der Waals surface area contributed by atoms with Crippen LogP contribution >= 0.6 is 0 Å². The number of aromatic nitrogens is 1. The van der Waals surface area contributed by atoms with Crippen molar-refractivity contribution in [3.8, 4) is 0 Å². The minimum absolute atomic E-state index is 0.126. The first kappa shape index (κ1) is 9.02. The highest BCUT2D eigenvalue weighted by Crippen LogP contribution is 2.14. The Morgan fingerprint density at radius 1 is 1.75 bits per heavy atom. The van der Waals surface area contributed by atoms with Gasteiger partial charge in [0.05, 0.1) is 12.6 Å². The van der Waals surface area contributed by atoms with Crippen LogP contribution in [0.15, 0.2) is 10.7 Å². The second-order valence-corrected chi connectivity index (χ2v) is 2.74. The van der Waals surface area contributed by atoms with Gasteiger partial charge in [0.1, 0.15) is 12.0 Å². The molecule has 0 aliphatic heterocycles. The fourth-order valence-electron chi connectivity index (χ4n) is 0.745. The van der Waals surface area contributed by atoms with Crippen LogP contribution in [0.2, 0.25) is 0 Å². The maximum absolute atomic E-state index is 8.72. The third-order valence-corrected chi connectivity index (χ3v) is 1.47. The van der Waals surface area contributed by atoms with E-state index in [-0.39, 0.29) is 6.61 Å². The first-order chi connectivity index (χ1) is 5.65. The van der Waals surface area contributed by atoms with Crippen molar-refractivity contribution in [2.24, 2.45) is 5.73 Å². The summed E-state index contributed by atoms with van der Waals surface area (Å²) in [7, 11) is 3.64. The number of anilines is 1. The van der Waals surface area contributed by atoms with Gasteiger partial charge in [-0.05, 0) is 0 Å². The number of oxazole rings is 1. The lowest BCUT2D eigenvalue weighted by atomic mass is 10.3. The van der Waals surface area contributed by atoms with E-state index in [1.165, 1.54) is 6.26 Å². The third-order valence-electron chi connectivity index (χ3n) is 1.47. The molecule has 0 bridgehead atoms. The Morgan fingerprint density at radius 2 is 2.42 bits per heavy atom. The predicted octanol–water partition coefficient (Wildman–Crippen LogP) is -0.267. The van der Waals surface area contributed by atoms with Gasteiger partial charge >= 0.3 is 0 Å². The van der Waals surface area contributed by atoms with Gasteiger partial charge in [0.2, 0.25) is 0 Å². The van der Waals surface area contributed by atoms with E-state index in [2.05, 4.69) is 4.98 Å². The minimum Gasteiger partial charge on any atom is -0.432 e. The van der Waals surface area contributed by atoms with Crippen LogP contribution < -0.4 is 10.6 Å². The van der Waals surface area contributed by atoms with Crippen molar-refractivity contribution >= 4 is 6.01 Å². The molecule has 5 nitrogen and oxygen atoms in total. The Morgan fingerprint density at radius 3 is 2.83 bits per heavy atom. The van der Waals surface area contributed by atoms with Gasteiger partial charge in [-0.25, -0.2) is 0 Å². The Balaban J connectivity index is 2.77. The molecule has 12 heavy (non-hydrogen) atoms. The summed E-state index contributed by atoms with van der Waals surface area (Å²) in [6, 6.07) is 0.0383. The summed E-state index contributed by atoms with van der Waals surface area (Å²) in [6.45, 7) is -0.126. The summed E-state index contributed by atoms with van der Waals surface area (Å²) < 4.78 is 5.07. The molecule has 1 atom stereocenters. The van der Waals surface area contributed by atoms with Gasteiger partial charge in [-0.15, -0.1) is 0 Å². The zero-order valence-corrected chi connectivity index (χ0v) is 7.19. The van der Waals surface area contributed by atoms with E-state index in [1.54, 1.807) is 4.90 Å². The fraction of sp³-hybridized carbons (Fsp3) is 0.571. The van der Waals surface area contributed by atoms with E-state index in [0.717, 1.165) is 0 Å². The van der Waals surface area contributed by atoms with E-state index in [1.807, 2.05) is 14.1 Å². The van der Waals surface area contributed by atoms with Crippen LogP contribution in [0.3, 0.4) is 0 Å². The summed E-state index contributed by atoms with van der Waals surface area (Å²) in [5.74, 6) is 0. The number of hydrogen-bond acceptors (Lipinski definition) is 5. The maximum Gasteiger partial charge on any atom is 0.296 e. The van der Waals surface area contributed by atoms with Gasteiger partial charge in [0.25, 0.3) is 6.01 Å². The van der Waals surface area contributed by atoms with Gasteiger partial charge in [0, 0.05) is 14.1 Å². The van der Waals surface area contributed by atoms with E-state index >= 15 is 0 Å². The van der Waals surface area contributed by atoms with Crippen LogP contribution in [0.5, 0.6) is 0 Å². The lowest BCUT2D eigenvalue weighted by molar-refractivity contribution is 0.265. The average Bonchev–Trinajstić information content (AvgIpc) is 2.51. The first-order valence-corrected chi connectivity index (χ1v) is 3.64. The highest BCUT2D eigenvalue weighted by atomic mass is 16.4. The zero-order chi connectivity index (χ0) is 9.14. The van der Waals surface area contributed by atoms with E-state index in [0.29, 0.717) is 11.7 Å². The Kier molecular flexibility index (Phi) is 2.67. The normalized spacial score (nSPS) is 13.0. The van der Waals surface area contributed by atoms with Crippen molar-refractivity contribution in [3.63, 3.8) is 0 Å². The highest BCUT2D eigenvalue weighted by molar-refractivity contribution is 5.24. The lowest BCUT2D eigenvalue weighted by Crippen LogP contribution is -2.15. The summed E-state index contributed by atoms with van der Waals surface area (Å²) in [6.07, 6.45) is 1.45. The van der Waals surface area contributed by atoms with E-state index in [9.17, 15) is 0 Å². The van der Waals surface area contributed by atoms with Crippen LogP contribution in [0.25, 0.3) is 0 Å². The van der Waals surface area contributed by atoms with Gasteiger partial charge in [0.15, 0.2) is 0 Å². The highest BCUT2D eigenvalue weighted by Gasteiger charge is 2.11. The maximum atomic E-state index is 8.72. The predicted molar refractivity (Wildman–Crippen MR) is 44.8 cm³/mol. The van der Waals surface area contributed by atoms with Crippen molar-refractivity contribution in [2.75, 3.05) is 25.6 Å². The number of rotatable bonds is 3. The Labute approximate surface area is 70.8 Å². The molecule has 0 fully saturated rings. The van der Waals surface area contributed by atoms with Crippen LogP contribution in [0.1, 0.15) is 11.7 Å². The Hall–Kier alpha value is -1.07. The molecule has 0 amide bonds. The molecule has 0 spiro atoms. The SMILES string of the molecule is CN(C)c1nc(C(N)CO)co1. The molecule has 1 rings (SSSR count).